The lowest BCUT2D eigenvalue weighted by molar-refractivity contribution is 0.434. The van der Waals surface area contributed by atoms with Crippen LogP contribution in [0.1, 0.15) is 44.5 Å². The van der Waals surface area contributed by atoms with Gasteiger partial charge in [0.1, 0.15) is 11.5 Å². The van der Waals surface area contributed by atoms with Gasteiger partial charge in [0.15, 0.2) is 0 Å². The Kier molecular flexibility index (Phi) is 7.06. The second-order valence-corrected chi connectivity index (χ2v) is 14.7. The van der Waals surface area contributed by atoms with Crippen LogP contribution in [-0.4, -0.2) is 0 Å². The molecule has 0 bridgehead atoms. The van der Waals surface area contributed by atoms with E-state index in [1.54, 1.807) is 0 Å². The van der Waals surface area contributed by atoms with Crippen molar-refractivity contribution in [3.63, 3.8) is 0 Å². The fourth-order valence-corrected chi connectivity index (χ4v) is 9.83. The Balaban J connectivity index is 1.20. The third-order valence-electron chi connectivity index (χ3n) is 12.1. The molecule has 2 aliphatic rings. The Labute approximate surface area is 321 Å². The number of rotatable bonds is 5. The molecular formula is C54H36O. The van der Waals surface area contributed by atoms with Crippen molar-refractivity contribution in [2.45, 2.75) is 10.8 Å². The van der Waals surface area contributed by atoms with Crippen LogP contribution >= 0.6 is 0 Å². The third kappa shape index (κ3) is 4.47. The Morgan fingerprint density at radius 1 is 0.309 bits per heavy atom. The largest absolute Gasteiger partial charge is 0.457 e. The van der Waals surface area contributed by atoms with Gasteiger partial charge in [-0.05, 0) is 90.7 Å². The van der Waals surface area contributed by atoms with Crippen molar-refractivity contribution in [2.24, 2.45) is 0 Å². The molecule has 0 atom stereocenters. The number of hydrogen-bond donors (Lipinski definition) is 0. The van der Waals surface area contributed by atoms with Crippen molar-refractivity contribution in [2.75, 3.05) is 0 Å². The molecule has 1 heteroatoms. The minimum Gasteiger partial charge on any atom is -0.457 e. The van der Waals surface area contributed by atoms with E-state index >= 15 is 0 Å². The second kappa shape index (κ2) is 12.3. The van der Waals surface area contributed by atoms with E-state index in [1.165, 1.54) is 60.8 Å². The lowest BCUT2D eigenvalue weighted by Crippen LogP contribution is -2.34. The number of para-hydroxylation sites is 1. The number of hydrogen-bond acceptors (Lipinski definition) is 1. The molecule has 0 fully saturated rings. The van der Waals surface area contributed by atoms with Gasteiger partial charge in [-0.2, -0.15) is 0 Å². The van der Waals surface area contributed by atoms with Crippen LogP contribution in [-0.2, 0) is 10.8 Å². The summed E-state index contributed by atoms with van der Waals surface area (Å²) in [7, 11) is 0. The molecule has 0 spiro atoms. The lowest BCUT2D eigenvalue weighted by atomic mass is 9.63. The summed E-state index contributed by atoms with van der Waals surface area (Å²) in [5, 5.41) is 2.53. The fourth-order valence-electron chi connectivity index (χ4n) is 9.83. The lowest BCUT2D eigenvalue weighted by Gasteiger charge is -2.41. The van der Waals surface area contributed by atoms with E-state index in [4.69, 9.17) is 4.74 Å². The highest BCUT2D eigenvalue weighted by atomic mass is 16.5. The first kappa shape index (κ1) is 31.6. The molecule has 0 saturated heterocycles. The van der Waals surface area contributed by atoms with Crippen LogP contribution in [0.5, 0.6) is 11.5 Å². The molecule has 0 N–H and O–H groups in total. The van der Waals surface area contributed by atoms with Gasteiger partial charge in [0.05, 0.1) is 10.8 Å². The van der Waals surface area contributed by atoms with Crippen molar-refractivity contribution < 1.29 is 4.74 Å². The van der Waals surface area contributed by atoms with Crippen LogP contribution in [0.15, 0.2) is 218 Å². The predicted octanol–water partition coefficient (Wildman–Crippen LogP) is 13.4. The fraction of sp³-hybridized carbons (Fsp3) is 0.0370. The minimum atomic E-state index is -0.591. The van der Waals surface area contributed by atoms with Crippen molar-refractivity contribution in [1.29, 1.82) is 0 Å². The standard InChI is InChI=1S/C54H36O/c1-5-18-40(19-6-1)53(41-20-7-2-8-21-41)47-27-15-16-28-50(47)55-51-34-31-39(36-49(51)53)38-30-32-45-46-33-29-37-17-13-14-26-44(37)52(46)54(48(45)35-38,42-22-9-3-10-23-42)43-24-11-4-12-25-43/h1-36H. The maximum atomic E-state index is 6.77. The van der Waals surface area contributed by atoms with Crippen LogP contribution in [0.25, 0.3) is 33.0 Å². The summed E-state index contributed by atoms with van der Waals surface area (Å²) in [4.78, 5) is 0. The van der Waals surface area contributed by atoms with Gasteiger partial charge in [0, 0.05) is 11.1 Å². The van der Waals surface area contributed by atoms with E-state index in [-0.39, 0.29) is 0 Å². The molecule has 0 amide bonds. The van der Waals surface area contributed by atoms with E-state index in [9.17, 15) is 0 Å². The summed E-state index contributed by atoms with van der Waals surface area (Å²) in [6.45, 7) is 0. The summed E-state index contributed by atoms with van der Waals surface area (Å²) in [6, 6.07) is 80.0. The summed E-state index contributed by atoms with van der Waals surface area (Å²) in [5.41, 5.74) is 13.6. The van der Waals surface area contributed by atoms with Crippen molar-refractivity contribution >= 4 is 10.8 Å². The van der Waals surface area contributed by atoms with Gasteiger partial charge in [0.25, 0.3) is 0 Å². The van der Waals surface area contributed by atoms with E-state index < -0.39 is 10.8 Å². The van der Waals surface area contributed by atoms with Gasteiger partial charge >= 0.3 is 0 Å². The molecule has 0 aromatic heterocycles. The molecule has 11 rings (SSSR count). The maximum Gasteiger partial charge on any atom is 0.132 e. The molecule has 9 aromatic carbocycles. The normalized spacial score (nSPS) is 14.3. The van der Waals surface area contributed by atoms with Gasteiger partial charge in [-0.25, -0.2) is 0 Å². The van der Waals surface area contributed by atoms with Gasteiger partial charge in [-0.1, -0.05) is 194 Å². The first-order chi connectivity index (χ1) is 27.3. The number of fused-ring (bicyclic) bond motifs is 7. The van der Waals surface area contributed by atoms with E-state index in [0.29, 0.717) is 0 Å². The molecule has 1 heterocycles. The highest BCUT2D eigenvalue weighted by Crippen LogP contribution is 2.60. The van der Waals surface area contributed by atoms with Crippen molar-refractivity contribution in [1.82, 2.24) is 0 Å². The zero-order chi connectivity index (χ0) is 36.4. The van der Waals surface area contributed by atoms with Crippen LogP contribution in [0.2, 0.25) is 0 Å². The van der Waals surface area contributed by atoms with Gasteiger partial charge < -0.3 is 4.74 Å². The molecular weight excluding hydrogens is 665 g/mol. The van der Waals surface area contributed by atoms with Crippen LogP contribution in [0.3, 0.4) is 0 Å². The Morgan fingerprint density at radius 3 is 1.42 bits per heavy atom. The molecule has 1 nitrogen and oxygen atoms in total. The monoisotopic (exact) mass is 700 g/mol. The zero-order valence-corrected chi connectivity index (χ0v) is 30.2. The molecule has 0 unspecified atom stereocenters. The van der Waals surface area contributed by atoms with Gasteiger partial charge in [-0.3, -0.25) is 0 Å². The summed E-state index contributed by atoms with van der Waals surface area (Å²) < 4.78 is 6.77. The topological polar surface area (TPSA) is 9.23 Å². The van der Waals surface area contributed by atoms with Gasteiger partial charge in [-0.15, -0.1) is 0 Å². The third-order valence-corrected chi connectivity index (χ3v) is 12.1. The highest BCUT2D eigenvalue weighted by Gasteiger charge is 2.48. The van der Waals surface area contributed by atoms with E-state index in [0.717, 1.165) is 28.2 Å². The highest BCUT2D eigenvalue weighted by molar-refractivity contribution is 6.00. The first-order valence-corrected chi connectivity index (χ1v) is 19.1. The minimum absolute atomic E-state index is 0.530. The predicted molar refractivity (Wildman–Crippen MR) is 225 cm³/mol. The second-order valence-electron chi connectivity index (χ2n) is 14.7. The average molecular weight is 701 g/mol. The summed E-state index contributed by atoms with van der Waals surface area (Å²) >= 11 is 0. The number of benzene rings is 9. The molecule has 258 valence electrons. The average Bonchev–Trinajstić information content (AvgIpc) is 3.57. The zero-order valence-electron chi connectivity index (χ0n) is 30.2. The maximum absolute atomic E-state index is 6.77. The van der Waals surface area contributed by atoms with Crippen molar-refractivity contribution in [3.05, 3.63) is 263 Å². The van der Waals surface area contributed by atoms with E-state index in [1.807, 2.05) is 0 Å². The van der Waals surface area contributed by atoms with E-state index in [2.05, 4.69) is 218 Å². The van der Waals surface area contributed by atoms with Crippen LogP contribution in [0.4, 0.5) is 0 Å². The van der Waals surface area contributed by atoms with Crippen molar-refractivity contribution in [3.8, 4) is 33.8 Å². The summed E-state index contributed by atoms with van der Waals surface area (Å²) in [5.74, 6) is 1.76. The Bertz CT molecular complexity index is 2800. The SMILES string of the molecule is c1ccc(C2(c3ccccc3)c3ccccc3Oc3ccc(-c4ccc5c(c4)C(c4ccccc4)(c4ccccc4)c4c-5ccc5ccccc45)cc32)cc1. The molecule has 0 radical (unpaired) electrons. The van der Waals surface area contributed by atoms with Crippen LogP contribution < -0.4 is 4.74 Å². The summed E-state index contributed by atoms with van der Waals surface area (Å²) in [6.07, 6.45) is 0. The van der Waals surface area contributed by atoms with Crippen LogP contribution in [0, 0.1) is 0 Å². The Hall–Kier alpha value is -6.96. The first-order valence-electron chi connectivity index (χ1n) is 19.1. The molecule has 0 saturated carbocycles. The quantitative estimate of drug-likeness (QED) is 0.174. The molecule has 9 aromatic rings. The number of ether oxygens (including phenoxy) is 1. The molecule has 1 aliphatic heterocycles. The van der Waals surface area contributed by atoms with Gasteiger partial charge in [0.2, 0.25) is 0 Å². The Morgan fingerprint density at radius 2 is 0.782 bits per heavy atom. The molecule has 55 heavy (non-hydrogen) atoms. The smallest absolute Gasteiger partial charge is 0.132 e. The molecule has 1 aliphatic carbocycles.